The van der Waals surface area contributed by atoms with E-state index in [9.17, 15) is 14.0 Å². The van der Waals surface area contributed by atoms with Crippen molar-refractivity contribution < 1.29 is 14.0 Å². The number of halogens is 4. The fourth-order valence-electron chi connectivity index (χ4n) is 2.60. The van der Waals surface area contributed by atoms with Crippen molar-refractivity contribution in [2.24, 2.45) is 0 Å². The van der Waals surface area contributed by atoms with Crippen molar-refractivity contribution in [3.63, 3.8) is 0 Å². The maximum absolute atomic E-state index is 13.2. The van der Waals surface area contributed by atoms with Crippen LogP contribution in [0.25, 0.3) is 0 Å². The summed E-state index contributed by atoms with van der Waals surface area (Å²) in [5.41, 5.74) is 1.10. The van der Waals surface area contributed by atoms with Crippen LogP contribution in [0.5, 0.6) is 0 Å². The average Bonchev–Trinajstić information content (AvgIpc) is 2.60. The third-order valence-electron chi connectivity index (χ3n) is 3.89. The molecule has 1 heterocycles. The summed E-state index contributed by atoms with van der Waals surface area (Å²) in [5.74, 6) is -0.499. The molecule has 1 atom stereocenters. The van der Waals surface area contributed by atoms with Gasteiger partial charge in [-0.15, -0.1) is 0 Å². The zero-order chi connectivity index (χ0) is 18.8. The Kier molecular flexibility index (Phi) is 5.65. The van der Waals surface area contributed by atoms with Gasteiger partial charge < -0.3 is 5.32 Å². The van der Waals surface area contributed by atoms with Crippen molar-refractivity contribution in [3.05, 3.63) is 74.6 Å². The number of nitrogens with zero attached hydrogens (tertiary/aromatic N) is 1. The number of allylic oxidation sites excluding steroid dienone is 1. The molecule has 8 heteroatoms. The highest BCUT2D eigenvalue weighted by molar-refractivity contribution is 9.10. The summed E-state index contributed by atoms with van der Waals surface area (Å²) in [6.45, 7) is 0. The third-order valence-corrected chi connectivity index (χ3v) is 5.27. The number of urea groups is 1. The lowest BCUT2D eigenvalue weighted by molar-refractivity contribution is -0.116. The van der Waals surface area contributed by atoms with Gasteiger partial charge in [0.05, 0.1) is 21.8 Å². The van der Waals surface area contributed by atoms with Crippen molar-refractivity contribution in [3.8, 4) is 0 Å². The standard InChI is InChI=1S/C18H12BrCl2FN2O2/c19-13-8-14(20)15(21)9-16(13)23-18(26)24-6-5-12(25)7-17(24)10-1-3-11(22)4-2-10/h1-6,8-9,17H,7H2,(H,23,26)/t17-/m0/s1. The highest BCUT2D eigenvalue weighted by Gasteiger charge is 2.29. The minimum absolute atomic E-state index is 0.109. The monoisotopic (exact) mass is 456 g/mol. The van der Waals surface area contributed by atoms with Gasteiger partial charge in [-0.1, -0.05) is 35.3 Å². The number of ketones is 1. The molecule has 1 aliphatic rings. The van der Waals surface area contributed by atoms with Crippen LogP contribution in [0.1, 0.15) is 18.0 Å². The average molecular weight is 458 g/mol. The van der Waals surface area contributed by atoms with Gasteiger partial charge in [-0.05, 0) is 51.8 Å². The van der Waals surface area contributed by atoms with E-state index in [1.807, 2.05) is 0 Å². The molecule has 0 radical (unpaired) electrons. The highest BCUT2D eigenvalue weighted by atomic mass is 79.9. The van der Waals surface area contributed by atoms with Crippen molar-refractivity contribution in [1.29, 1.82) is 0 Å². The first-order chi connectivity index (χ1) is 12.3. The lowest BCUT2D eigenvalue weighted by Gasteiger charge is -2.31. The summed E-state index contributed by atoms with van der Waals surface area (Å²) >= 11 is 15.3. The minimum Gasteiger partial charge on any atom is -0.306 e. The van der Waals surface area contributed by atoms with Crippen LogP contribution in [-0.4, -0.2) is 16.7 Å². The smallest absolute Gasteiger partial charge is 0.306 e. The van der Waals surface area contributed by atoms with Gasteiger partial charge in [-0.25, -0.2) is 9.18 Å². The molecule has 0 fully saturated rings. The van der Waals surface area contributed by atoms with Gasteiger partial charge in [0.1, 0.15) is 5.82 Å². The summed E-state index contributed by atoms with van der Waals surface area (Å²) in [6, 6.07) is 7.82. The van der Waals surface area contributed by atoms with E-state index in [2.05, 4.69) is 21.2 Å². The molecule has 4 nitrogen and oxygen atoms in total. The van der Waals surface area contributed by atoms with Gasteiger partial charge in [0, 0.05) is 17.1 Å². The molecule has 2 aromatic rings. The molecule has 0 aliphatic carbocycles. The SMILES string of the molecule is O=C1C=CN(C(=O)Nc2cc(Cl)c(Cl)cc2Br)[C@H](c2ccc(F)cc2)C1. The molecule has 0 saturated carbocycles. The van der Waals surface area contributed by atoms with Crippen molar-refractivity contribution >= 4 is 56.6 Å². The first kappa shape index (κ1) is 18.9. The summed E-state index contributed by atoms with van der Waals surface area (Å²) < 4.78 is 13.8. The predicted molar refractivity (Wildman–Crippen MR) is 103 cm³/mol. The Labute approximate surface area is 167 Å². The predicted octanol–water partition coefficient (Wildman–Crippen LogP) is 5.96. The molecule has 134 valence electrons. The number of benzene rings is 2. The van der Waals surface area contributed by atoms with E-state index in [0.717, 1.165) is 0 Å². The van der Waals surface area contributed by atoms with Crippen molar-refractivity contribution in [1.82, 2.24) is 4.90 Å². The fourth-order valence-corrected chi connectivity index (χ4v) is 3.50. The number of anilines is 1. The first-order valence-electron chi connectivity index (χ1n) is 7.55. The van der Waals surface area contributed by atoms with Crippen LogP contribution in [-0.2, 0) is 4.79 Å². The number of hydrogen-bond acceptors (Lipinski definition) is 2. The summed E-state index contributed by atoms with van der Waals surface area (Å²) in [6.07, 6.45) is 2.86. The van der Waals surface area contributed by atoms with E-state index in [4.69, 9.17) is 23.2 Å². The van der Waals surface area contributed by atoms with Crippen LogP contribution in [0.2, 0.25) is 10.0 Å². The molecule has 2 amide bonds. The van der Waals surface area contributed by atoms with Crippen molar-refractivity contribution in [2.45, 2.75) is 12.5 Å². The zero-order valence-electron chi connectivity index (χ0n) is 13.2. The van der Waals surface area contributed by atoms with Crippen molar-refractivity contribution in [2.75, 3.05) is 5.32 Å². The van der Waals surface area contributed by atoms with Crippen LogP contribution in [0, 0.1) is 5.82 Å². The fraction of sp³-hybridized carbons (Fsp3) is 0.111. The molecule has 0 spiro atoms. The molecule has 2 aromatic carbocycles. The Morgan fingerprint density at radius 3 is 2.54 bits per heavy atom. The normalized spacial score (nSPS) is 16.7. The lowest BCUT2D eigenvalue weighted by atomic mass is 9.97. The molecule has 1 aliphatic heterocycles. The zero-order valence-corrected chi connectivity index (χ0v) is 16.3. The molecule has 0 unspecified atom stereocenters. The van der Waals surface area contributed by atoms with Crippen LogP contribution in [0.3, 0.4) is 0 Å². The Morgan fingerprint density at radius 2 is 1.85 bits per heavy atom. The molecular weight excluding hydrogens is 446 g/mol. The number of carbonyl (C=O) groups is 2. The van der Waals surface area contributed by atoms with Gasteiger partial charge in [0.15, 0.2) is 5.78 Å². The minimum atomic E-state index is -0.533. The number of rotatable bonds is 2. The highest BCUT2D eigenvalue weighted by Crippen LogP contribution is 2.34. The van der Waals surface area contributed by atoms with Crippen LogP contribution < -0.4 is 5.32 Å². The topological polar surface area (TPSA) is 49.4 Å². The molecule has 26 heavy (non-hydrogen) atoms. The van der Waals surface area contributed by atoms with E-state index in [1.165, 1.54) is 35.4 Å². The number of nitrogens with one attached hydrogen (secondary N) is 1. The number of carbonyl (C=O) groups excluding carboxylic acids is 2. The number of hydrogen-bond donors (Lipinski definition) is 1. The van der Waals surface area contributed by atoms with E-state index in [0.29, 0.717) is 25.8 Å². The largest absolute Gasteiger partial charge is 0.326 e. The Morgan fingerprint density at radius 1 is 1.19 bits per heavy atom. The van der Waals surface area contributed by atoms with Gasteiger partial charge in [0.2, 0.25) is 0 Å². The van der Waals surface area contributed by atoms with Gasteiger partial charge in [-0.2, -0.15) is 0 Å². The van der Waals surface area contributed by atoms with Crippen LogP contribution in [0.15, 0.2) is 53.1 Å². The second kappa shape index (κ2) is 7.78. The molecule has 3 rings (SSSR count). The summed E-state index contributed by atoms with van der Waals surface area (Å²) in [5, 5.41) is 3.38. The van der Waals surface area contributed by atoms with Gasteiger partial charge in [-0.3, -0.25) is 9.69 Å². The number of amides is 2. The lowest BCUT2D eigenvalue weighted by Crippen LogP contribution is -2.37. The van der Waals surface area contributed by atoms with E-state index >= 15 is 0 Å². The van der Waals surface area contributed by atoms with Gasteiger partial charge in [0.25, 0.3) is 0 Å². The molecule has 1 N–H and O–H groups in total. The summed E-state index contributed by atoms with van der Waals surface area (Å²) in [4.78, 5) is 26.0. The Bertz CT molecular complexity index is 903. The molecule has 0 saturated heterocycles. The second-order valence-electron chi connectivity index (χ2n) is 5.64. The Hall–Kier alpha value is -1.89. The molecule has 0 aromatic heterocycles. The first-order valence-corrected chi connectivity index (χ1v) is 9.10. The maximum Gasteiger partial charge on any atom is 0.326 e. The molecule has 0 bridgehead atoms. The van der Waals surface area contributed by atoms with E-state index in [1.54, 1.807) is 18.2 Å². The molecular formula is C18H12BrCl2FN2O2. The summed E-state index contributed by atoms with van der Waals surface area (Å²) in [7, 11) is 0. The van der Waals surface area contributed by atoms with Crippen LogP contribution in [0.4, 0.5) is 14.9 Å². The second-order valence-corrected chi connectivity index (χ2v) is 7.31. The quantitative estimate of drug-likeness (QED) is 0.566. The van der Waals surface area contributed by atoms with Gasteiger partial charge >= 0.3 is 6.03 Å². The maximum atomic E-state index is 13.2. The Balaban J connectivity index is 1.88. The third kappa shape index (κ3) is 4.09. The van der Waals surface area contributed by atoms with E-state index in [-0.39, 0.29) is 18.0 Å². The van der Waals surface area contributed by atoms with Crippen LogP contribution >= 0.6 is 39.1 Å². The van der Waals surface area contributed by atoms with E-state index < -0.39 is 12.1 Å².